The Morgan fingerprint density at radius 3 is 2.53 bits per heavy atom. The second-order valence-corrected chi connectivity index (χ2v) is 11.2. The number of amides is 1. The maximum atomic E-state index is 13.6. The van der Waals surface area contributed by atoms with Gasteiger partial charge in [-0.1, -0.05) is 33.3 Å². The smallest absolute Gasteiger partial charge is 0.308 e. The number of likely N-dealkylation sites (tertiary alicyclic amines) is 1. The van der Waals surface area contributed by atoms with E-state index in [0.29, 0.717) is 57.3 Å². The van der Waals surface area contributed by atoms with Crippen LogP contribution in [0.1, 0.15) is 57.9 Å². The second kappa shape index (κ2) is 12.6. The number of carbonyl (C=O) groups excluding carboxylic acids is 1. The molecule has 1 aromatic carbocycles. The molecule has 1 amide bonds. The summed E-state index contributed by atoms with van der Waals surface area (Å²) >= 11 is 0. The third-order valence-corrected chi connectivity index (χ3v) is 7.96. The van der Waals surface area contributed by atoms with Crippen molar-refractivity contribution in [3.8, 4) is 11.5 Å². The number of rotatable bonds is 13. The standard InChI is InChI=1S/C28H43N3O7/c1-4-5-10-30(11-6-9-29)24(32)17-31-16-20(19-7-8-22-23(14-19)38-18-37-22)25(26(33)34)21(31)15-28(2,3)27-35-12-13-36-27/h7-8,14,20-21,25,27H,4-6,9-13,15-18,29H2,1-3H3,(H,33,34)/t20-,21+,25-/m1/s1. The Labute approximate surface area is 225 Å². The van der Waals surface area contributed by atoms with Gasteiger partial charge >= 0.3 is 5.97 Å². The molecule has 10 nitrogen and oxygen atoms in total. The normalized spacial score (nSPS) is 23.7. The molecule has 0 bridgehead atoms. The molecule has 0 unspecified atom stereocenters. The van der Waals surface area contributed by atoms with Gasteiger partial charge in [-0.25, -0.2) is 0 Å². The average Bonchev–Trinajstić information content (AvgIpc) is 3.64. The molecule has 0 aliphatic carbocycles. The van der Waals surface area contributed by atoms with Crippen LogP contribution >= 0.6 is 0 Å². The number of aliphatic carboxylic acids is 1. The first kappa shape index (κ1) is 28.6. The number of unbranched alkanes of at least 4 members (excludes halogenated alkanes) is 1. The maximum absolute atomic E-state index is 13.6. The largest absolute Gasteiger partial charge is 0.481 e. The van der Waals surface area contributed by atoms with Gasteiger partial charge in [0.2, 0.25) is 12.7 Å². The quantitative estimate of drug-likeness (QED) is 0.394. The van der Waals surface area contributed by atoms with E-state index >= 15 is 0 Å². The van der Waals surface area contributed by atoms with Gasteiger partial charge in [0.05, 0.1) is 25.7 Å². The number of fused-ring (bicyclic) bond motifs is 1. The van der Waals surface area contributed by atoms with E-state index in [-0.39, 0.29) is 31.2 Å². The van der Waals surface area contributed by atoms with E-state index in [9.17, 15) is 14.7 Å². The predicted molar refractivity (Wildman–Crippen MR) is 141 cm³/mol. The Hall–Kier alpha value is -2.40. The Morgan fingerprint density at radius 1 is 1.13 bits per heavy atom. The van der Waals surface area contributed by atoms with Crippen LogP contribution in [0.15, 0.2) is 18.2 Å². The van der Waals surface area contributed by atoms with Crippen molar-refractivity contribution in [2.75, 3.05) is 52.7 Å². The Balaban J connectivity index is 1.62. The van der Waals surface area contributed by atoms with Crippen LogP contribution in [0, 0.1) is 11.3 Å². The van der Waals surface area contributed by atoms with Crippen LogP contribution in [0.25, 0.3) is 0 Å². The van der Waals surface area contributed by atoms with Crippen LogP contribution in [0.5, 0.6) is 11.5 Å². The lowest BCUT2D eigenvalue weighted by Gasteiger charge is -2.37. The summed E-state index contributed by atoms with van der Waals surface area (Å²) in [6, 6.07) is 5.26. The van der Waals surface area contributed by atoms with Crippen LogP contribution in [-0.4, -0.2) is 91.8 Å². The van der Waals surface area contributed by atoms with Crippen LogP contribution in [0.3, 0.4) is 0 Å². The van der Waals surface area contributed by atoms with Crippen molar-refractivity contribution in [2.45, 2.75) is 64.7 Å². The summed E-state index contributed by atoms with van der Waals surface area (Å²) in [6.07, 6.45) is 2.74. The minimum atomic E-state index is -0.873. The lowest BCUT2D eigenvalue weighted by molar-refractivity contribution is -0.148. The fourth-order valence-corrected chi connectivity index (χ4v) is 5.94. The molecule has 0 aromatic heterocycles. The summed E-state index contributed by atoms with van der Waals surface area (Å²) in [4.78, 5) is 30.3. The number of ether oxygens (including phenoxy) is 4. The molecule has 3 N–H and O–H groups in total. The monoisotopic (exact) mass is 533 g/mol. The molecule has 4 rings (SSSR count). The average molecular weight is 534 g/mol. The van der Waals surface area contributed by atoms with E-state index in [1.807, 2.05) is 36.9 Å². The number of nitrogens with zero attached hydrogens (tertiary/aromatic N) is 2. The number of benzene rings is 1. The zero-order chi connectivity index (χ0) is 27.3. The van der Waals surface area contributed by atoms with Crippen molar-refractivity contribution in [1.82, 2.24) is 9.80 Å². The van der Waals surface area contributed by atoms with E-state index in [2.05, 4.69) is 11.8 Å². The molecule has 3 aliphatic rings. The summed E-state index contributed by atoms with van der Waals surface area (Å²) in [5.74, 6) is -0.601. The summed E-state index contributed by atoms with van der Waals surface area (Å²) in [6.45, 7) is 9.81. The van der Waals surface area contributed by atoms with Gasteiger partial charge in [0.25, 0.3) is 0 Å². The molecule has 3 heterocycles. The number of carboxylic acids is 1. The molecule has 38 heavy (non-hydrogen) atoms. The molecule has 0 saturated carbocycles. The number of carbonyl (C=O) groups is 2. The van der Waals surface area contributed by atoms with Gasteiger partial charge in [0, 0.05) is 37.0 Å². The third-order valence-electron chi connectivity index (χ3n) is 7.96. The van der Waals surface area contributed by atoms with Gasteiger partial charge in [0.1, 0.15) is 0 Å². The van der Waals surface area contributed by atoms with Crippen molar-refractivity contribution in [2.24, 2.45) is 17.1 Å². The zero-order valence-electron chi connectivity index (χ0n) is 22.9. The molecule has 0 radical (unpaired) electrons. The van der Waals surface area contributed by atoms with E-state index in [0.717, 1.165) is 24.8 Å². The maximum Gasteiger partial charge on any atom is 0.308 e. The first-order valence-electron chi connectivity index (χ1n) is 13.8. The van der Waals surface area contributed by atoms with E-state index in [1.165, 1.54) is 0 Å². The van der Waals surface area contributed by atoms with Crippen molar-refractivity contribution in [1.29, 1.82) is 0 Å². The summed E-state index contributed by atoms with van der Waals surface area (Å²) in [5, 5.41) is 10.5. The first-order chi connectivity index (χ1) is 18.2. The number of hydrogen-bond acceptors (Lipinski definition) is 8. The van der Waals surface area contributed by atoms with Crippen LogP contribution in [0.4, 0.5) is 0 Å². The number of carboxylic acid groups (broad SMARTS) is 1. The zero-order valence-corrected chi connectivity index (χ0v) is 22.9. The lowest BCUT2D eigenvalue weighted by atomic mass is 9.77. The first-order valence-corrected chi connectivity index (χ1v) is 13.8. The summed E-state index contributed by atoms with van der Waals surface area (Å²) in [5.41, 5.74) is 6.17. The number of hydrogen-bond donors (Lipinski definition) is 2. The molecular weight excluding hydrogens is 490 g/mol. The van der Waals surface area contributed by atoms with Gasteiger partial charge in [0.15, 0.2) is 17.8 Å². The second-order valence-electron chi connectivity index (χ2n) is 11.2. The van der Waals surface area contributed by atoms with Crippen molar-refractivity contribution in [3.05, 3.63) is 23.8 Å². The van der Waals surface area contributed by atoms with Crippen molar-refractivity contribution in [3.63, 3.8) is 0 Å². The van der Waals surface area contributed by atoms with Crippen LogP contribution < -0.4 is 15.2 Å². The fourth-order valence-electron chi connectivity index (χ4n) is 5.94. The molecule has 1 aromatic rings. The number of nitrogens with two attached hydrogens (primary N) is 1. The van der Waals surface area contributed by atoms with Gasteiger partial charge in [-0.2, -0.15) is 0 Å². The topological polar surface area (TPSA) is 124 Å². The minimum Gasteiger partial charge on any atom is -0.481 e. The molecule has 3 atom stereocenters. The van der Waals surface area contributed by atoms with Crippen LogP contribution in [0.2, 0.25) is 0 Å². The predicted octanol–water partition coefficient (Wildman–Crippen LogP) is 2.65. The SMILES string of the molecule is CCCCN(CCCN)C(=O)CN1C[C@H](c2ccc3c(c2)OCO3)[C@@H](C(=O)O)[C@@H]1CC(C)(C)C1OCCO1. The summed E-state index contributed by atoms with van der Waals surface area (Å²) < 4.78 is 22.7. The van der Waals surface area contributed by atoms with E-state index in [4.69, 9.17) is 24.7 Å². The summed E-state index contributed by atoms with van der Waals surface area (Å²) in [7, 11) is 0. The van der Waals surface area contributed by atoms with Crippen LogP contribution in [-0.2, 0) is 19.1 Å². The Bertz CT molecular complexity index is 958. The molecule has 2 fully saturated rings. The minimum absolute atomic E-state index is 0.0125. The third kappa shape index (κ3) is 6.42. The molecule has 10 heteroatoms. The molecule has 0 spiro atoms. The van der Waals surface area contributed by atoms with Crippen molar-refractivity contribution < 1.29 is 33.6 Å². The highest BCUT2D eigenvalue weighted by Gasteiger charge is 2.50. The van der Waals surface area contributed by atoms with Gasteiger partial charge in [-0.05, 0) is 43.5 Å². The fraction of sp³-hybridized carbons (Fsp3) is 0.714. The highest BCUT2D eigenvalue weighted by molar-refractivity contribution is 5.79. The van der Waals surface area contributed by atoms with Gasteiger partial charge < -0.3 is 34.7 Å². The van der Waals surface area contributed by atoms with Crippen molar-refractivity contribution >= 4 is 11.9 Å². The lowest BCUT2D eigenvalue weighted by Crippen LogP contribution is -2.47. The van der Waals surface area contributed by atoms with Gasteiger partial charge in [-0.3, -0.25) is 14.5 Å². The molecular formula is C28H43N3O7. The highest BCUT2D eigenvalue weighted by atomic mass is 16.7. The molecule has 212 valence electrons. The highest BCUT2D eigenvalue weighted by Crippen LogP contribution is 2.46. The molecule has 3 aliphatic heterocycles. The van der Waals surface area contributed by atoms with E-state index in [1.54, 1.807) is 0 Å². The molecule has 2 saturated heterocycles. The Kier molecular flexibility index (Phi) is 9.51. The van der Waals surface area contributed by atoms with Gasteiger partial charge in [-0.15, -0.1) is 0 Å². The Morgan fingerprint density at radius 2 is 1.84 bits per heavy atom. The van der Waals surface area contributed by atoms with E-state index < -0.39 is 23.6 Å².